The van der Waals surface area contributed by atoms with E-state index in [1.807, 2.05) is 0 Å². The van der Waals surface area contributed by atoms with E-state index in [4.69, 9.17) is 0 Å². The summed E-state index contributed by atoms with van der Waals surface area (Å²) < 4.78 is 13.2. The van der Waals surface area contributed by atoms with E-state index in [1.165, 1.54) is 18.3 Å². The molecule has 22 heavy (non-hydrogen) atoms. The van der Waals surface area contributed by atoms with Gasteiger partial charge in [0.25, 0.3) is 5.56 Å². The Kier molecular flexibility index (Phi) is 3.26. The Balaban J connectivity index is 2.11. The molecule has 0 fully saturated rings. The summed E-state index contributed by atoms with van der Waals surface area (Å²) >= 11 is 0. The number of pyridine rings is 1. The van der Waals surface area contributed by atoms with Gasteiger partial charge in [-0.3, -0.25) is 9.78 Å². The standard InChI is InChI=1S/C16H14FN3O2/c1-16(2,22)9-3-5-13(18-8-9)14-19-12-6-4-10(17)7-11(12)15(21)20-14/h3-8,22H,1-2H3,(H,19,20,21). The van der Waals surface area contributed by atoms with Crippen LogP contribution in [0.25, 0.3) is 22.4 Å². The van der Waals surface area contributed by atoms with Crippen LogP contribution >= 0.6 is 0 Å². The summed E-state index contributed by atoms with van der Waals surface area (Å²) in [5, 5.41) is 10.1. The van der Waals surface area contributed by atoms with Crippen LogP contribution in [0.4, 0.5) is 4.39 Å². The lowest BCUT2D eigenvalue weighted by atomic mass is 10.0. The van der Waals surface area contributed by atoms with Gasteiger partial charge >= 0.3 is 0 Å². The Morgan fingerprint density at radius 2 is 2.00 bits per heavy atom. The van der Waals surface area contributed by atoms with E-state index < -0.39 is 17.0 Å². The highest BCUT2D eigenvalue weighted by molar-refractivity contribution is 5.79. The Bertz CT molecular complexity index is 896. The molecule has 0 aliphatic carbocycles. The number of rotatable bonds is 2. The predicted molar refractivity (Wildman–Crippen MR) is 80.8 cm³/mol. The number of aromatic amines is 1. The van der Waals surface area contributed by atoms with Gasteiger partial charge in [0.15, 0.2) is 5.82 Å². The zero-order valence-corrected chi connectivity index (χ0v) is 12.1. The third kappa shape index (κ3) is 2.60. The number of aromatic nitrogens is 3. The molecule has 0 saturated heterocycles. The Hall–Kier alpha value is -2.60. The van der Waals surface area contributed by atoms with Crippen molar-refractivity contribution in [2.45, 2.75) is 19.4 Å². The third-order valence-corrected chi connectivity index (χ3v) is 3.38. The van der Waals surface area contributed by atoms with Gasteiger partial charge in [0, 0.05) is 11.8 Å². The molecule has 3 aromatic rings. The zero-order chi connectivity index (χ0) is 15.9. The zero-order valence-electron chi connectivity index (χ0n) is 12.1. The molecule has 3 rings (SSSR count). The number of H-pyrrole nitrogens is 1. The highest BCUT2D eigenvalue weighted by Gasteiger charge is 2.16. The molecule has 0 atom stereocenters. The van der Waals surface area contributed by atoms with E-state index in [-0.39, 0.29) is 5.39 Å². The molecule has 1 aromatic carbocycles. The van der Waals surface area contributed by atoms with Crippen molar-refractivity contribution < 1.29 is 9.50 Å². The summed E-state index contributed by atoms with van der Waals surface area (Å²) in [5.74, 6) is -0.188. The second kappa shape index (κ2) is 4.99. The van der Waals surface area contributed by atoms with Crippen molar-refractivity contribution in [2.24, 2.45) is 0 Å². The van der Waals surface area contributed by atoms with Crippen molar-refractivity contribution in [2.75, 3.05) is 0 Å². The number of hydrogen-bond acceptors (Lipinski definition) is 4. The topological polar surface area (TPSA) is 78.9 Å². The average Bonchev–Trinajstić information content (AvgIpc) is 2.47. The first-order valence-electron chi connectivity index (χ1n) is 6.73. The molecule has 2 N–H and O–H groups in total. The molecule has 112 valence electrons. The quantitative estimate of drug-likeness (QED) is 0.761. The number of hydrogen-bond donors (Lipinski definition) is 2. The molecule has 0 spiro atoms. The van der Waals surface area contributed by atoms with E-state index in [9.17, 15) is 14.3 Å². The Labute approximate surface area is 125 Å². The minimum atomic E-state index is -0.993. The number of nitrogens with one attached hydrogen (secondary N) is 1. The molecule has 5 nitrogen and oxygen atoms in total. The van der Waals surface area contributed by atoms with Crippen LogP contribution in [0.2, 0.25) is 0 Å². The molecule has 2 aromatic heterocycles. The van der Waals surface area contributed by atoms with E-state index in [1.54, 1.807) is 26.0 Å². The summed E-state index contributed by atoms with van der Waals surface area (Å²) in [6.07, 6.45) is 1.53. The molecule has 0 amide bonds. The van der Waals surface area contributed by atoms with Crippen LogP contribution in [-0.2, 0) is 5.60 Å². The first-order valence-corrected chi connectivity index (χ1v) is 6.73. The van der Waals surface area contributed by atoms with E-state index in [2.05, 4.69) is 15.0 Å². The summed E-state index contributed by atoms with van der Waals surface area (Å²) in [5.41, 5.74) is 0.104. The normalized spacial score (nSPS) is 11.8. The highest BCUT2D eigenvalue weighted by atomic mass is 19.1. The van der Waals surface area contributed by atoms with Gasteiger partial charge in [-0.15, -0.1) is 0 Å². The summed E-state index contributed by atoms with van der Waals surface area (Å²) in [6.45, 7) is 3.32. The Morgan fingerprint density at radius 1 is 1.23 bits per heavy atom. The SMILES string of the molecule is CC(C)(O)c1ccc(-c2nc3ccc(F)cc3c(=O)[nH]2)nc1. The molecular weight excluding hydrogens is 285 g/mol. The molecule has 0 radical (unpaired) electrons. The smallest absolute Gasteiger partial charge is 0.259 e. The first-order chi connectivity index (χ1) is 10.3. The van der Waals surface area contributed by atoms with Crippen molar-refractivity contribution in [3.8, 4) is 11.5 Å². The average molecular weight is 299 g/mol. The van der Waals surface area contributed by atoms with Crippen LogP contribution < -0.4 is 5.56 Å². The van der Waals surface area contributed by atoms with Crippen LogP contribution in [0.5, 0.6) is 0 Å². The minimum Gasteiger partial charge on any atom is -0.386 e. The summed E-state index contributed by atoms with van der Waals surface area (Å²) in [6, 6.07) is 7.24. The Morgan fingerprint density at radius 3 is 2.64 bits per heavy atom. The highest BCUT2D eigenvalue weighted by Crippen LogP contribution is 2.21. The van der Waals surface area contributed by atoms with Crippen LogP contribution in [0.1, 0.15) is 19.4 Å². The molecule has 0 unspecified atom stereocenters. The second-order valence-corrected chi connectivity index (χ2v) is 5.57. The van der Waals surface area contributed by atoms with Crippen molar-refractivity contribution in [1.82, 2.24) is 15.0 Å². The monoisotopic (exact) mass is 299 g/mol. The minimum absolute atomic E-state index is 0.192. The summed E-state index contributed by atoms with van der Waals surface area (Å²) in [4.78, 5) is 23.1. The number of nitrogens with zero attached hydrogens (tertiary/aromatic N) is 2. The van der Waals surface area contributed by atoms with Gasteiger partial charge in [-0.2, -0.15) is 0 Å². The largest absolute Gasteiger partial charge is 0.386 e. The van der Waals surface area contributed by atoms with Crippen LogP contribution in [0, 0.1) is 5.82 Å². The van der Waals surface area contributed by atoms with Gasteiger partial charge in [0.05, 0.1) is 16.5 Å². The van der Waals surface area contributed by atoms with E-state index in [0.717, 1.165) is 6.07 Å². The van der Waals surface area contributed by atoms with Crippen molar-refractivity contribution in [1.29, 1.82) is 0 Å². The van der Waals surface area contributed by atoms with Gasteiger partial charge in [-0.1, -0.05) is 6.07 Å². The third-order valence-electron chi connectivity index (χ3n) is 3.38. The number of benzene rings is 1. The first kappa shape index (κ1) is 14.3. The fourth-order valence-electron chi connectivity index (χ4n) is 2.13. The van der Waals surface area contributed by atoms with Gasteiger partial charge in [-0.25, -0.2) is 9.37 Å². The van der Waals surface area contributed by atoms with Gasteiger partial charge in [0.1, 0.15) is 11.5 Å². The summed E-state index contributed by atoms with van der Waals surface area (Å²) in [7, 11) is 0. The molecule has 0 aliphatic heterocycles. The molecule has 2 heterocycles. The van der Waals surface area contributed by atoms with Crippen LogP contribution in [0.3, 0.4) is 0 Å². The lowest BCUT2D eigenvalue weighted by Crippen LogP contribution is -2.16. The van der Waals surface area contributed by atoms with Crippen LogP contribution in [-0.4, -0.2) is 20.1 Å². The van der Waals surface area contributed by atoms with Gasteiger partial charge in [-0.05, 0) is 38.1 Å². The maximum atomic E-state index is 13.2. The maximum absolute atomic E-state index is 13.2. The van der Waals surface area contributed by atoms with Crippen LogP contribution in [0.15, 0.2) is 41.3 Å². The van der Waals surface area contributed by atoms with Crippen molar-refractivity contribution >= 4 is 10.9 Å². The fraction of sp³-hybridized carbons (Fsp3) is 0.188. The lowest BCUT2D eigenvalue weighted by Gasteiger charge is -2.17. The molecule has 0 bridgehead atoms. The molecule has 0 aliphatic rings. The molecular formula is C16H14FN3O2. The van der Waals surface area contributed by atoms with Crippen molar-refractivity contribution in [3.05, 3.63) is 58.3 Å². The van der Waals surface area contributed by atoms with Gasteiger partial charge in [0.2, 0.25) is 0 Å². The fourth-order valence-corrected chi connectivity index (χ4v) is 2.13. The predicted octanol–water partition coefficient (Wildman–Crippen LogP) is 2.35. The number of fused-ring (bicyclic) bond motifs is 1. The molecule has 6 heteroatoms. The second-order valence-electron chi connectivity index (χ2n) is 5.57. The number of aliphatic hydroxyl groups is 1. The maximum Gasteiger partial charge on any atom is 0.259 e. The molecule has 0 saturated carbocycles. The van der Waals surface area contributed by atoms with E-state index >= 15 is 0 Å². The van der Waals surface area contributed by atoms with Crippen molar-refractivity contribution in [3.63, 3.8) is 0 Å². The van der Waals surface area contributed by atoms with Gasteiger partial charge < -0.3 is 10.1 Å². The van der Waals surface area contributed by atoms with E-state index in [0.29, 0.717) is 22.6 Å². The lowest BCUT2D eigenvalue weighted by molar-refractivity contribution is 0.0782. The number of halogens is 1.